The number of nitrogens with zero attached hydrogens (tertiary/aromatic N) is 5. The molecule has 0 spiro atoms. The van der Waals surface area contributed by atoms with E-state index in [1.807, 2.05) is 36.5 Å². The third-order valence-corrected chi connectivity index (χ3v) is 4.48. The molecule has 0 saturated carbocycles. The monoisotopic (exact) mass is 401 g/mol. The Morgan fingerprint density at radius 2 is 2.03 bits per heavy atom. The maximum absolute atomic E-state index is 9.39. The average molecular weight is 401 g/mol. The van der Waals surface area contributed by atoms with Gasteiger partial charge in [-0.1, -0.05) is 12.1 Å². The molecule has 1 atom stereocenters. The zero-order valence-electron chi connectivity index (χ0n) is 16.0. The van der Waals surface area contributed by atoms with E-state index < -0.39 is 6.04 Å². The molecular weight excluding hydrogens is 382 g/mol. The number of hydrogen-bond donors (Lipinski definition) is 4. The number of aliphatic imine (C=N–C) groups is 1. The molecule has 1 aliphatic rings. The Kier molecular flexibility index (Phi) is 6.17. The van der Waals surface area contributed by atoms with Gasteiger partial charge in [-0.3, -0.25) is 5.32 Å². The second-order valence-corrected chi connectivity index (χ2v) is 6.44. The summed E-state index contributed by atoms with van der Waals surface area (Å²) in [5.74, 6) is 1.14. The van der Waals surface area contributed by atoms with Gasteiger partial charge in [-0.25, -0.2) is 9.98 Å². The van der Waals surface area contributed by atoms with Gasteiger partial charge in [0, 0.05) is 12.0 Å². The zero-order chi connectivity index (χ0) is 21.5. The van der Waals surface area contributed by atoms with Gasteiger partial charge < -0.3 is 21.5 Å². The number of anilines is 3. The van der Waals surface area contributed by atoms with Crippen LogP contribution in [0.25, 0.3) is 0 Å². The number of ether oxygens (including phenoxy) is 1. The lowest BCUT2D eigenvalue weighted by atomic mass is 9.95. The van der Waals surface area contributed by atoms with E-state index in [1.165, 1.54) is 0 Å². The Balaban J connectivity index is 1.97. The fourth-order valence-corrected chi connectivity index (χ4v) is 3.09. The molecule has 0 aliphatic carbocycles. The number of unbranched alkanes of at least 4 members (excludes halogenated alkanes) is 2. The third kappa shape index (κ3) is 4.16. The number of hydrogen-bond acceptors (Lipinski definition) is 10. The summed E-state index contributed by atoms with van der Waals surface area (Å²) in [5, 5.41) is 32.3. The fraction of sp³-hybridized carbons (Fsp3) is 0.250. The lowest BCUT2D eigenvalue weighted by molar-refractivity contribution is 0.307. The first-order chi connectivity index (χ1) is 14.6. The van der Waals surface area contributed by atoms with Crippen LogP contribution in [0.2, 0.25) is 0 Å². The minimum Gasteiger partial charge on any atom is -0.494 e. The van der Waals surface area contributed by atoms with E-state index in [0.29, 0.717) is 30.2 Å². The second kappa shape index (κ2) is 9.13. The van der Waals surface area contributed by atoms with E-state index in [4.69, 9.17) is 26.7 Å². The first-order valence-electron chi connectivity index (χ1n) is 9.17. The number of benzene rings is 1. The van der Waals surface area contributed by atoms with E-state index in [1.54, 1.807) is 0 Å². The summed E-state index contributed by atoms with van der Waals surface area (Å²) >= 11 is 0. The molecule has 0 amide bonds. The van der Waals surface area contributed by atoms with Crippen molar-refractivity contribution in [1.82, 2.24) is 10.3 Å². The van der Waals surface area contributed by atoms with Crippen LogP contribution in [0.4, 0.5) is 17.3 Å². The van der Waals surface area contributed by atoms with Crippen molar-refractivity contribution in [2.45, 2.75) is 25.3 Å². The van der Waals surface area contributed by atoms with Crippen molar-refractivity contribution in [2.24, 2.45) is 4.99 Å². The van der Waals surface area contributed by atoms with Crippen LogP contribution in [0, 0.1) is 34.1 Å². The van der Waals surface area contributed by atoms with Gasteiger partial charge in [0.2, 0.25) is 5.96 Å². The van der Waals surface area contributed by atoms with E-state index in [9.17, 15) is 5.26 Å². The van der Waals surface area contributed by atoms with Gasteiger partial charge in [-0.2, -0.15) is 15.8 Å². The highest BCUT2D eigenvalue weighted by molar-refractivity contribution is 5.98. The summed E-state index contributed by atoms with van der Waals surface area (Å²) in [6, 6.07) is 10.8. The molecule has 30 heavy (non-hydrogen) atoms. The summed E-state index contributed by atoms with van der Waals surface area (Å²) in [4.78, 5) is 8.75. The van der Waals surface area contributed by atoms with Crippen LogP contribution >= 0.6 is 0 Å². The number of guanidine groups is 1. The number of nitrogens with two attached hydrogens (primary N) is 2. The molecule has 10 heteroatoms. The largest absolute Gasteiger partial charge is 0.494 e. The van der Waals surface area contributed by atoms with Crippen LogP contribution in [-0.4, -0.2) is 17.6 Å². The van der Waals surface area contributed by atoms with Gasteiger partial charge in [0.15, 0.2) is 6.19 Å². The molecular formula is C20H19N9O. The first-order valence-corrected chi connectivity index (χ1v) is 9.17. The van der Waals surface area contributed by atoms with Gasteiger partial charge in [-0.05, 0) is 30.5 Å². The summed E-state index contributed by atoms with van der Waals surface area (Å²) < 4.78 is 5.78. The molecule has 1 aliphatic heterocycles. The maximum atomic E-state index is 9.39. The fourth-order valence-electron chi connectivity index (χ4n) is 3.09. The summed E-state index contributed by atoms with van der Waals surface area (Å²) in [7, 11) is 0. The number of fused-ring (bicyclic) bond motifs is 1. The minimum atomic E-state index is -0.626. The molecule has 1 aromatic carbocycles. The Morgan fingerprint density at radius 1 is 1.20 bits per heavy atom. The lowest BCUT2D eigenvalue weighted by Gasteiger charge is -2.26. The van der Waals surface area contributed by atoms with Crippen LogP contribution in [0.1, 0.15) is 42.0 Å². The van der Waals surface area contributed by atoms with Crippen molar-refractivity contribution >= 4 is 23.3 Å². The van der Waals surface area contributed by atoms with Crippen LogP contribution in [0.15, 0.2) is 29.3 Å². The number of pyridine rings is 1. The van der Waals surface area contributed by atoms with Crippen molar-refractivity contribution < 1.29 is 4.74 Å². The van der Waals surface area contributed by atoms with Crippen LogP contribution < -0.4 is 26.8 Å². The SMILES string of the molecule is N#CCCCCOc1cccc(C2N=C(NC#N)Nc3nc(N)c(C#N)c(N)c32)c1. The summed E-state index contributed by atoms with van der Waals surface area (Å²) in [6.07, 6.45) is 3.85. The zero-order valence-corrected chi connectivity index (χ0v) is 16.0. The minimum absolute atomic E-state index is 0.00680. The van der Waals surface area contributed by atoms with Gasteiger partial charge in [0.25, 0.3) is 0 Å². The van der Waals surface area contributed by atoms with E-state index in [2.05, 4.69) is 26.7 Å². The highest BCUT2D eigenvalue weighted by Crippen LogP contribution is 2.41. The van der Waals surface area contributed by atoms with Crippen molar-refractivity contribution in [2.75, 3.05) is 23.4 Å². The molecule has 3 rings (SSSR count). The van der Waals surface area contributed by atoms with Crippen molar-refractivity contribution in [3.05, 3.63) is 41.0 Å². The Hall–Kier alpha value is -4.49. The quantitative estimate of drug-likeness (QED) is 0.320. The molecule has 0 radical (unpaired) electrons. The number of rotatable bonds is 6. The average Bonchev–Trinajstić information content (AvgIpc) is 2.73. The molecule has 2 heterocycles. The Bertz CT molecular complexity index is 1100. The molecule has 0 bridgehead atoms. The van der Waals surface area contributed by atoms with Gasteiger partial charge >= 0.3 is 0 Å². The Labute approximate surface area is 173 Å². The molecule has 150 valence electrons. The first kappa shape index (κ1) is 20.2. The number of nitrogens with one attached hydrogen (secondary N) is 2. The van der Waals surface area contributed by atoms with Crippen molar-refractivity contribution in [3.63, 3.8) is 0 Å². The predicted molar refractivity (Wildman–Crippen MR) is 111 cm³/mol. The topological polar surface area (TPSA) is 182 Å². The molecule has 1 aromatic heterocycles. The predicted octanol–water partition coefficient (Wildman–Crippen LogP) is 2.13. The van der Waals surface area contributed by atoms with Crippen LogP contribution in [0.5, 0.6) is 5.75 Å². The number of nitriles is 3. The maximum Gasteiger partial charge on any atom is 0.211 e. The smallest absolute Gasteiger partial charge is 0.211 e. The summed E-state index contributed by atoms with van der Waals surface area (Å²) in [6.45, 7) is 0.483. The van der Waals surface area contributed by atoms with Crippen LogP contribution in [-0.2, 0) is 0 Å². The second-order valence-electron chi connectivity index (χ2n) is 6.44. The highest BCUT2D eigenvalue weighted by Gasteiger charge is 2.29. The standard InChI is InChI=1S/C20H19N9O/c21-7-2-1-3-8-30-13-6-4-5-12(9-13)17-15-16(24)14(10-22)18(25)28-19(15)29-20(27-17)26-11-23/h4-6,9,17H,1-3,8H2,(H6,24,25,26,27,28,29). The summed E-state index contributed by atoms with van der Waals surface area (Å²) in [5.41, 5.74) is 13.6. The van der Waals surface area contributed by atoms with Crippen LogP contribution in [0.3, 0.4) is 0 Å². The third-order valence-electron chi connectivity index (χ3n) is 4.48. The van der Waals surface area contributed by atoms with Gasteiger partial charge in [0.05, 0.1) is 18.4 Å². The molecule has 0 saturated heterocycles. The number of nitrogen functional groups attached to an aromatic ring is 2. The van der Waals surface area contributed by atoms with E-state index in [0.717, 1.165) is 18.4 Å². The van der Waals surface area contributed by atoms with E-state index in [-0.39, 0.29) is 23.0 Å². The lowest BCUT2D eigenvalue weighted by Crippen LogP contribution is -2.32. The van der Waals surface area contributed by atoms with Crippen molar-refractivity contribution in [1.29, 1.82) is 15.8 Å². The van der Waals surface area contributed by atoms with Gasteiger partial charge in [0.1, 0.15) is 35.1 Å². The molecule has 2 aromatic rings. The number of aromatic nitrogens is 1. The Morgan fingerprint density at radius 3 is 2.77 bits per heavy atom. The van der Waals surface area contributed by atoms with E-state index >= 15 is 0 Å². The highest BCUT2D eigenvalue weighted by atomic mass is 16.5. The molecule has 6 N–H and O–H groups in total. The molecule has 1 unspecified atom stereocenters. The van der Waals surface area contributed by atoms with Gasteiger partial charge in [-0.15, -0.1) is 0 Å². The normalized spacial score (nSPS) is 14.2. The molecule has 10 nitrogen and oxygen atoms in total. The molecule has 0 fully saturated rings. The van der Waals surface area contributed by atoms with Crippen molar-refractivity contribution in [3.8, 4) is 24.1 Å².